The second kappa shape index (κ2) is 9.31. The molecule has 0 saturated carbocycles. The monoisotopic (exact) mass is 402 g/mol. The van der Waals surface area contributed by atoms with Gasteiger partial charge >= 0.3 is 0 Å². The Balaban J connectivity index is 1.70. The first kappa shape index (κ1) is 19.1. The normalized spacial score (nSPS) is 12.6. The molecule has 0 aliphatic heterocycles. The summed E-state index contributed by atoms with van der Waals surface area (Å²) in [6.07, 6.45) is 9.95. The average molecular weight is 403 g/mol. The fourth-order valence-corrected chi connectivity index (χ4v) is 4.33. The summed E-state index contributed by atoms with van der Waals surface area (Å²) in [7, 11) is 0. The summed E-state index contributed by atoms with van der Waals surface area (Å²) in [6, 6.07) is 14.2. The lowest BCUT2D eigenvalue weighted by Crippen LogP contribution is -2.06. The lowest BCUT2D eigenvalue weighted by atomic mass is 10.1. The summed E-state index contributed by atoms with van der Waals surface area (Å²) in [5, 5.41) is 1.58. The quantitative estimate of drug-likeness (QED) is 0.438. The zero-order chi connectivity index (χ0) is 18.4. The molecule has 0 radical (unpaired) electrons. The van der Waals surface area contributed by atoms with Crippen molar-refractivity contribution in [3.8, 4) is 0 Å². The van der Waals surface area contributed by atoms with E-state index in [9.17, 15) is 0 Å². The molecule has 1 atom stereocenters. The standard InChI is InChI=1S/C21H20Cl2N2S/c1-16-4-6-17(7-5-16)3-2-12-26-21(14-25-11-10-24-15-25)19-9-8-18(22)13-20(19)23/h2-11,13,15,21H,12,14H2,1H3. The highest BCUT2D eigenvalue weighted by Crippen LogP contribution is 2.36. The summed E-state index contributed by atoms with van der Waals surface area (Å²) in [4.78, 5) is 4.13. The van der Waals surface area contributed by atoms with E-state index >= 15 is 0 Å². The van der Waals surface area contributed by atoms with Crippen molar-refractivity contribution >= 4 is 41.0 Å². The molecule has 0 bridgehead atoms. The molecule has 0 N–H and O–H groups in total. The Bertz CT molecular complexity index is 858. The second-order valence-corrected chi connectivity index (χ2v) is 8.14. The molecule has 1 aromatic heterocycles. The molecular weight excluding hydrogens is 383 g/mol. The maximum absolute atomic E-state index is 6.45. The molecule has 0 aliphatic rings. The molecule has 134 valence electrons. The van der Waals surface area contributed by atoms with E-state index in [1.807, 2.05) is 42.5 Å². The third-order valence-corrected chi connectivity index (χ3v) is 5.78. The zero-order valence-corrected chi connectivity index (χ0v) is 16.8. The molecule has 2 aromatic carbocycles. The lowest BCUT2D eigenvalue weighted by Gasteiger charge is -2.18. The van der Waals surface area contributed by atoms with Crippen LogP contribution in [0.3, 0.4) is 0 Å². The van der Waals surface area contributed by atoms with Gasteiger partial charge in [-0.25, -0.2) is 4.98 Å². The first-order valence-corrected chi connectivity index (χ1v) is 10.2. The minimum atomic E-state index is 0.219. The molecule has 2 nitrogen and oxygen atoms in total. The Labute approximate surface area is 168 Å². The van der Waals surface area contributed by atoms with Gasteiger partial charge in [-0.1, -0.05) is 71.2 Å². The third kappa shape index (κ3) is 5.41. The highest BCUT2D eigenvalue weighted by molar-refractivity contribution is 7.99. The van der Waals surface area contributed by atoms with Crippen LogP contribution in [-0.4, -0.2) is 15.3 Å². The number of benzene rings is 2. The molecule has 3 aromatic rings. The molecule has 3 rings (SSSR count). The van der Waals surface area contributed by atoms with Gasteiger partial charge in [0, 0.05) is 40.0 Å². The minimum absolute atomic E-state index is 0.219. The number of nitrogens with zero attached hydrogens (tertiary/aromatic N) is 2. The molecule has 0 amide bonds. The van der Waals surface area contributed by atoms with Crippen LogP contribution < -0.4 is 0 Å². The molecule has 0 saturated heterocycles. The highest BCUT2D eigenvalue weighted by atomic mass is 35.5. The molecule has 26 heavy (non-hydrogen) atoms. The second-order valence-electron chi connectivity index (χ2n) is 6.06. The van der Waals surface area contributed by atoms with Crippen LogP contribution in [0, 0.1) is 6.92 Å². The predicted molar refractivity (Wildman–Crippen MR) is 114 cm³/mol. The summed E-state index contributed by atoms with van der Waals surface area (Å²) in [6.45, 7) is 2.91. The van der Waals surface area contributed by atoms with Crippen LogP contribution in [0.15, 0.2) is 67.3 Å². The maximum Gasteiger partial charge on any atom is 0.0946 e. The van der Waals surface area contributed by atoms with Crippen molar-refractivity contribution in [2.75, 3.05) is 5.75 Å². The van der Waals surface area contributed by atoms with Crippen molar-refractivity contribution in [3.63, 3.8) is 0 Å². The van der Waals surface area contributed by atoms with Crippen LogP contribution in [0.2, 0.25) is 10.0 Å². The lowest BCUT2D eigenvalue weighted by molar-refractivity contribution is 0.684. The van der Waals surface area contributed by atoms with Gasteiger partial charge in [-0.2, -0.15) is 0 Å². The van der Waals surface area contributed by atoms with Crippen molar-refractivity contribution in [1.82, 2.24) is 9.55 Å². The summed E-state index contributed by atoms with van der Waals surface area (Å²) < 4.78 is 2.08. The Morgan fingerprint density at radius 3 is 2.65 bits per heavy atom. The zero-order valence-electron chi connectivity index (χ0n) is 14.5. The van der Waals surface area contributed by atoms with Crippen molar-refractivity contribution in [3.05, 3.63) is 94.0 Å². The van der Waals surface area contributed by atoms with Crippen LogP contribution in [0.4, 0.5) is 0 Å². The van der Waals surface area contributed by atoms with E-state index in [2.05, 4.69) is 52.9 Å². The van der Waals surface area contributed by atoms with Crippen LogP contribution in [0.1, 0.15) is 21.9 Å². The number of aryl methyl sites for hydroxylation is 1. The van der Waals surface area contributed by atoms with Crippen LogP contribution in [0.25, 0.3) is 6.08 Å². The number of imidazole rings is 1. The van der Waals surface area contributed by atoms with Gasteiger partial charge in [0.25, 0.3) is 0 Å². The van der Waals surface area contributed by atoms with Gasteiger partial charge in [0.2, 0.25) is 0 Å². The molecule has 1 unspecified atom stereocenters. The van der Waals surface area contributed by atoms with Crippen LogP contribution in [-0.2, 0) is 6.54 Å². The van der Waals surface area contributed by atoms with Crippen LogP contribution in [0.5, 0.6) is 0 Å². The third-order valence-electron chi connectivity index (χ3n) is 4.03. The molecule has 0 spiro atoms. The number of aromatic nitrogens is 2. The van der Waals surface area contributed by atoms with Crippen LogP contribution >= 0.6 is 35.0 Å². The van der Waals surface area contributed by atoms with E-state index in [0.29, 0.717) is 10.0 Å². The van der Waals surface area contributed by atoms with E-state index in [1.54, 1.807) is 6.20 Å². The maximum atomic E-state index is 6.45. The van der Waals surface area contributed by atoms with Gasteiger partial charge in [0.1, 0.15) is 0 Å². The summed E-state index contributed by atoms with van der Waals surface area (Å²) >= 11 is 14.4. The number of hydrogen-bond donors (Lipinski definition) is 0. The Morgan fingerprint density at radius 1 is 1.15 bits per heavy atom. The summed E-state index contributed by atoms with van der Waals surface area (Å²) in [5.74, 6) is 0.895. The van der Waals surface area contributed by atoms with E-state index < -0.39 is 0 Å². The topological polar surface area (TPSA) is 17.8 Å². The molecule has 0 fully saturated rings. The molecule has 5 heteroatoms. The average Bonchev–Trinajstić information content (AvgIpc) is 3.12. The van der Waals surface area contributed by atoms with E-state index in [-0.39, 0.29) is 5.25 Å². The highest BCUT2D eigenvalue weighted by Gasteiger charge is 2.16. The molecular formula is C21H20Cl2N2S. The first-order valence-electron chi connectivity index (χ1n) is 8.37. The smallest absolute Gasteiger partial charge is 0.0946 e. The van der Waals surface area contributed by atoms with Crippen molar-refractivity contribution in [2.24, 2.45) is 0 Å². The number of hydrogen-bond acceptors (Lipinski definition) is 2. The first-order chi connectivity index (χ1) is 12.6. The fourth-order valence-electron chi connectivity index (χ4n) is 2.62. The van der Waals surface area contributed by atoms with E-state index in [4.69, 9.17) is 23.2 Å². The van der Waals surface area contributed by atoms with Gasteiger partial charge in [0.15, 0.2) is 0 Å². The Hall–Kier alpha value is -1.68. The SMILES string of the molecule is Cc1ccc(C=CCSC(Cn2ccnc2)c2ccc(Cl)cc2Cl)cc1. The van der Waals surface area contributed by atoms with Crippen molar-refractivity contribution < 1.29 is 0 Å². The largest absolute Gasteiger partial charge is 0.336 e. The van der Waals surface area contributed by atoms with Crippen molar-refractivity contribution in [2.45, 2.75) is 18.7 Å². The van der Waals surface area contributed by atoms with Gasteiger partial charge in [-0.15, -0.1) is 11.8 Å². The molecule has 0 aliphatic carbocycles. The minimum Gasteiger partial charge on any atom is -0.336 e. The number of halogens is 2. The van der Waals surface area contributed by atoms with Gasteiger partial charge < -0.3 is 4.57 Å². The molecule has 1 heterocycles. The summed E-state index contributed by atoms with van der Waals surface area (Å²) in [5.41, 5.74) is 3.58. The number of thioether (sulfide) groups is 1. The van der Waals surface area contributed by atoms with Gasteiger partial charge in [-0.05, 0) is 30.2 Å². The van der Waals surface area contributed by atoms with Crippen molar-refractivity contribution in [1.29, 1.82) is 0 Å². The van der Waals surface area contributed by atoms with E-state index in [1.165, 1.54) is 11.1 Å². The fraction of sp³-hybridized carbons (Fsp3) is 0.190. The van der Waals surface area contributed by atoms with Gasteiger partial charge in [-0.3, -0.25) is 0 Å². The predicted octanol–water partition coefficient (Wildman–Crippen LogP) is 6.69. The van der Waals surface area contributed by atoms with Gasteiger partial charge in [0.05, 0.1) is 6.33 Å². The Morgan fingerprint density at radius 2 is 1.96 bits per heavy atom. The van der Waals surface area contributed by atoms with E-state index in [0.717, 1.165) is 17.9 Å². The number of rotatable bonds is 7. The Kier molecular flexibility index (Phi) is 6.84.